The first-order valence-corrected chi connectivity index (χ1v) is 9.22. The summed E-state index contributed by atoms with van der Waals surface area (Å²) in [7, 11) is 0. The molecule has 124 valence electrons. The van der Waals surface area contributed by atoms with Crippen molar-refractivity contribution in [3.05, 3.63) is 23.3 Å². The molecule has 4 heteroatoms. The van der Waals surface area contributed by atoms with Crippen molar-refractivity contribution in [2.75, 3.05) is 18.4 Å². The summed E-state index contributed by atoms with van der Waals surface area (Å²) in [5, 5.41) is 0.900. The standard InChI is InChI=1S/C18H28BrNO2/c1-13-12-20(16(21)22-17(2,3)4)9-7-15-10-14(11-19)6-8-18(13,15)5/h6,10,13H,7-9,11-12H2,1-5H3/t13-,18?/m0/s1. The molecule has 2 aliphatic rings. The maximum Gasteiger partial charge on any atom is 0.410 e. The number of ether oxygens (including phenoxy) is 1. The van der Waals surface area contributed by atoms with E-state index in [1.807, 2.05) is 25.7 Å². The summed E-state index contributed by atoms with van der Waals surface area (Å²) >= 11 is 3.55. The predicted molar refractivity (Wildman–Crippen MR) is 94.3 cm³/mol. The Morgan fingerprint density at radius 2 is 2.18 bits per heavy atom. The zero-order valence-corrected chi connectivity index (χ0v) is 16.0. The van der Waals surface area contributed by atoms with Crippen LogP contribution in [0.25, 0.3) is 0 Å². The first kappa shape index (κ1) is 17.6. The van der Waals surface area contributed by atoms with Gasteiger partial charge < -0.3 is 9.64 Å². The summed E-state index contributed by atoms with van der Waals surface area (Å²) in [5.74, 6) is 0.418. The van der Waals surface area contributed by atoms with E-state index >= 15 is 0 Å². The number of carbonyl (C=O) groups excluding carboxylic acids is 1. The number of hydrogen-bond donors (Lipinski definition) is 0. The van der Waals surface area contributed by atoms with E-state index in [0.29, 0.717) is 5.92 Å². The quantitative estimate of drug-likeness (QED) is 0.613. The summed E-state index contributed by atoms with van der Waals surface area (Å²) in [6.07, 6.45) is 6.47. The molecule has 0 N–H and O–H groups in total. The number of fused-ring (bicyclic) bond motifs is 1. The molecule has 0 spiro atoms. The third-order valence-corrected chi connectivity index (χ3v) is 5.57. The Morgan fingerprint density at radius 1 is 1.50 bits per heavy atom. The second-order valence-corrected chi connectivity index (χ2v) is 8.34. The minimum Gasteiger partial charge on any atom is -0.444 e. The highest BCUT2D eigenvalue weighted by molar-refractivity contribution is 9.09. The molecule has 1 aliphatic heterocycles. The van der Waals surface area contributed by atoms with Crippen molar-refractivity contribution < 1.29 is 9.53 Å². The number of rotatable bonds is 1. The van der Waals surface area contributed by atoms with Crippen LogP contribution in [-0.4, -0.2) is 35.0 Å². The lowest BCUT2D eigenvalue weighted by Crippen LogP contribution is -2.40. The summed E-state index contributed by atoms with van der Waals surface area (Å²) < 4.78 is 5.56. The molecule has 1 saturated heterocycles. The molecule has 1 heterocycles. The van der Waals surface area contributed by atoms with Gasteiger partial charge in [-0.15, -0.1) is 0 Å². The van der Waals surface area contributed by atoms with E-state index in [9.17, 15) is 4.79 Å². The molecule has 0 aromatic heterocycles. The largest absolute Gasteiger partial charge is 0.444 e. The van der Waals surface area contributed by atoms with Gasteiger partial charge in [0.2, 0.25) is 0 Å². The first-order valence-electron chi connectivity index (χ1n) is 8.09. The van der Waals surface area contributed by atoms with Crippen molar-refractivity contribution >= 4 is 22.0 Å². The van der Waals surface area contributed by atoms with Crippen LogP contribution in [0.1, 0.15) is 47.5 Å². The Kier molecular flexibility index (Phi) is 5.10. The van der Waals surface area contributed by atoms with Gasteiger partial charge in [0.1, 0.15) is 5.60 Å². The van der Waals surface area contributed by atoms with Crippen LogP contribution in [0.3, 0.4) is 0 Å². The number of amides is 1. The van der Waals surface area contributed by atoms with Gasteiger partial charge in [-0.2, -0.15) is 0 Å². The molecule has 3 nitrogen and oxygen atoms in total. The van der Waals surface area contributed by atoms with Crippen LogP contribution in [0.15, 0.2) is 23.3 Å². The maximum atomic E-state index is 12.4. The van der Waals surface area contributed by atoms with Crippen molar-refractivity contribution in [3.63, 3.8) is 0 Å². The average molecular weight is 370 g/mol. The molecule has 1 unspecified atom stereocenters. The Labute approximate surface area is 142 Å². The van der Waals surface area contributed by atoms with E-state index in [-0.39, 0.29) is 11.5 Å². The number of likely N-dealkylation sites (tertiary alicyclic amines) is 1. The lowest BCUT2D eigenvalue weighted by Gasteiger charge is -2.38. The Morgan fingerprint density at radius 3 is 2.77 bits per heavy atom. The smallest absolute Gasteiger partial charge is 0.410 e. The summed E-state index contributed by atoms with van der Waals surface area (Å²) in [4.78, 5) is 14.3. The maximum absolute atomic E-state index is 12.4. The summed E-state index contributed by atoms with van der Waals surface area (Å²) in [5.41, 5.74) is 2.55. The number of nitrogens with zero attached hydrogens (tertiary/aromatic N) is 1. The van der Waals surface area contributed by atoms with Crippen LogP contribution in [0.2, 0.25) is 0 Å². The molecule has 22 heavy (non-hydrogen) atoms. The van der Waals surface area contributed by atoms with Gasteiger partial charge in [0.15, 0.2) is 0 Å². The number of alkyl halides is 1. The number of allylic oxidation sites excluding steroid dienone is 3. The van der Waals surface area contributed by atoms with E-state index in [1.165, 1.54) is 11.1 Å². The Bertz CT molecular complexity index is 504. The van der Waals surface area contributed by atoms with E-state index in [4.69, 9.17) is 4.74 Å². The highest BCUT2D eigenvalue weighted by atomic mass is 79.9. The van der Waals surface area contributed by atoms with Gasteiger partial charge >= 0.3 is 6.09 Å². The van der Waals surface area contributed by atoms with Gasteiger partial charge in [-0.05, 0) is 50.5 Å². The summed E-state index contributed by atoms with van der Waals surface area (Å²) in [6.45, 7) is 11.9. The number of hydrogen-bond acceptors (Lipinski definition) is 2. The predicted octanol–water partition coefficient (Wildman–Crippen LogP) is 4.92. The van der Waals surface area contributed by atoms with Gasteiger partial charge in [0, 0.05) is 18.4 Å². The Balaban J connectivity index is 2.17. The second kappa shape index (κ2) is 6.38. The lowest BCUT2D eigenvalue weighted by molar-refractivity contribution is 0.0219. The monoisotopic (exact) mass is 369 g/mol. The summed E-state index contributed by atoms with van der Waals surface area (Å²) in [6, 6.07) is 0. The molecule has 0 bridgehead atoms. The minimum absolute atomic E-state index is 0.155. The van der Waals surface area contributed by atoms with Crippen LogP contribution < -0.4 is 0 Å². The van der Waals surface area contributed by atoms with E-state index in [1.54, 1.807) is 0 Å². The van der Waals surface area contributed by atoms with E-state index in [2.05, 4.69) is 41.9 Å². The van der Waals surface area contributed by atoms with Crippen molar-refractivity contribution in [3.8, 4) is 0 Å². The minimum atomic E-state index is -0.437. The van der Waals surface area contributed by atoms with Crippen molar-refractivity contribution in [2.24, 2.45) is 11.3 Å². The van der Waals surface area contributed by atoms with Gasteiger partial charge in [0.25, 0.3) is 0 Å². The van der Waals surface area contributed by atoms with Crippen molar-refractivity contribution in [2.45, 2.75) is 53.1 Å². The molecule has 2 atom stereocenters. The first-order chi connectivity index (χ1) is 10.2. The third kappa shape index (κ3) is 3.76. The fraction of sp³-hybridized carbons (Fsp3) is 0.722. The molecule has 1 amide bonds. The van der Waals surface area contributed by atoms with Gasteiger partial charge in [0.05, 0.1) is 0 Å². The molecule has 0 saturated carbocycles. The van der Waals surface area contributed by atoms with E-state index in [0.717, 1.165) is 31.3 Å². The zero-order valence-electron chi connectivity index (χ0n) is 14.4. The van der Waals surface area contributed by atoms with Gasteiger partial charge in [-0.25, -0.2) is 4.79 Å². The van der Waals surface area contributed by atoms with Crippen molar-refractivity contribution in [1.29, 1.82) is 0 Å². The van der Waals surface area contributed by atoms with Crippen LogP contribution in [0.4, 0.5) is 4.79 Å². The molecule has 2 rings (SSSR count). The highest BCUT2D eigenvalue weighted by Gasteiger charge is 2.40. The number of halogens is 1. The highest BCUT2D eigenvalue weighted by Crippen LogP contribution is 2.46. The van der Waals surface area contributed by atoms with Crippen LogP contribution in [0, 0.1) is 11.3 Å². The molecule has 0 aromatic carbocycles. The molecule has 1 aliphatic carbocycles. The molecule has 0 radical (unpaired) electrons. The number of carbonyl (C=O) groups is 1. The molecular weight excluding hydrogens is 342 g/mol. The Hall–Kier alpha value is -0.770. The van der Waals surface area contributed by atoms with E-state index < -0.39 is 5.60 Å². The van der Waals surface area contributed by atoms with Gasteiger partial charge in [-0.3, -0.25) is 0 Å². The second-order valence-electron chi connectivity index (χ2n) is 7.78. The molecular formula is C18H28BrNO2. The normalized spacial score (nSPS) is 29.2. The third-order valence-electron chi connectivity index (χ3n) is 4.92. The fourth-order valence-corrected chi connectivity index (χ4v) is 3.65. The topological polar surface area (TPSA) is 29.5 Å². The van der Waals surface area contributed by atoms with Crippen LogP contribution in [-0.2, 0) is 4.74 Å². The SMILES string of the molecule is C[C@H]1CN(C(=O)OC(C)(C)C)CCC2=CC(CBr)=CCC21C. The van der Waals surface area contributed by atoms with Crippen LogP contribution >= 0.6 is 15.9 Å². The fourth-order valence-electron chi connectivity index (χ4n) is 3.26. The average Bonchev–Trinajstić information content (AvgIpc) is 2.54. The molecule has 0 aromatic rings. The molecule has 1 fully saturated rings. The van der Waals surface area contributed by atoms with Crippen LogP contribution in [0.5, 0.6) is 0 Å². The zero-order chi connectivity index (χ0) is 16.5. The lowest BCUT2D eigenvalue weighted by atomic mass is 9.67. The van der Waals surface area contributed by atoms with Crippen molar-refractivity contribution in [1.82, 2.24) is 4.90 Å². The van der Waals surface area contributed by atoms with Gasteiger partial charge in [-0.1, -0.05) is 47.5 Å².